The quantitative estimate of drug-likeness (QED) is 0.343. The molecule has 0 radical (unpaired) electrons. The van der Waals surface area contributed by atoms with Crippen molar-refractivity contribution in [3.63, 3.8) is 0 Å². The topological polar surface area (TPSA) is 89.0 Å². The summed E-state index contributed by atoms with van der Waals surface area (Å²) in [5, 5.41) is 13.3. The zero-order chi connectivity index (χ0) is 32.1. The number of pyridine rings is 1. The predicted molar refractivity (Wildman–Crippen MR) is 181 cm³/mol. The maximum absolute atomic E-state index is 13.8. The summed E-state index contributed by atoms with van der Waals surface area (Å²) in [5.74, 6) is 6.23. The van der Waals surface area contributed by atoms with Crippen LogP contribution >= 0.6 is 0 Å². The summed E-state index contributed by atoms with van der Waals surface area (Å²) in [7, 11) is 2.63. The van der Waals surface area contributed by atoms with Crippen molar-refractivity contribution < 1.29 is 14.1 Å². The number of likely N-dealkylation sites (tertiary alicyclic amines) is 1. The van der Waals surface area contributed by atoms with E-state index in [2.05, 4.69) is 46.3 Å². The third-order valence-corrected chi connectivity index (χ3v) is 10.0. The van der Waals surface area contributed by atoms with Gasteiger partial charge in [-0.15, -0.1) is 0 Å². The van der Waals surface area contributed by atoms with Crippen molar-refractivity contribution in [3.05, 3.63) is 88.6 Å². The molecule has 1 saturated heterocycles. The summed E-state index contributed by atoms with van der Waals surface area (Å²) in [4.78, 5) is 23.1. The van der Waals surface area contributed by atoms with Crippen molar-refractivity contribution in [1.29, 1.82) is 0 Å². The SMILES string of the molecule is CN(C)CC#Cc1cccc(-c2nc(C(=O)N[C@H]3CCN(Cc4ccccc4)C3)cc3c2[C@@H](CCO)N([S@](=O)C(C)(C)C)C3)c1. The van der Waals surface area contributed by atoms with Crippen LogP contribution in [0.25, 0.3) is 11.3 Å². The lowest BCUT2D eigenvalue weighted by atomic mass is 9.95. The Bertz CT molecular complexity index is 1590. The van der Waals surface area contributed by atoms with Crippen LogP contribution in [-0.4, -0.2) is 85.4 Å². The van der Waals surface area contributed by atoms with Crippen LogP contribution in [0.5, 0.6) is 0 Å². The standard InChI is InChI=1S/C36H45N5O3S/c1-36(2,3)45(44)41-24-29-22-31(35(43)37-30-16-19-40(25-30)23-27-11-7-6-8-12-27)38-34(33(29)32(41)17-20-42)28-15-9-13-26(21-28)14-10-18-39(4)5/h6-9,11-13,15,21-22,30,32,42H,16-20,23-25H2,1-5H3,(H,37,43)/t30-,32+,45+/m0/s1. The Morgan fingerprint density at radius 1 is 1.13 bits per heavy atom. The van der Waals surface area contributed by atoms with E-state index in [-0.39, 0.29) is 24.6 Å². The number of carbonyl (C=O) groups is 1. The normalized spacial score (nSPS) is 19.3. The van der Waals surface area contributed by atoms with E-state index in [0.29, 0.717) is 30.9 Å². The minimum Gasteiger partial charge on any atom is -0.396 e. The van der Waals surface area contributed by atoms with Gasteiger partial charge in [-0.2, -0.15) is 0 Å². The average Bonchev–Trinajstić information content (AvgIpc) is 3.60. The van der Waals surface area contributed by atoms with E-state index in [0.717, 1.165) is 48.3 Å². The molecule has 5 rings (SSSR count). The Morgan fingerprint density at radius 3 is 2.62 bits per heavy atom. The van der Waals surface area contributed by atoms with Crippen molar-refractivity contribution in [2.45, 2.75) is 63.5 Å². The first-order valence-electron chi connectivity index (χ1n) is 15.7. The Hall–Kier alpha value is -3.39. The van der Waals surface area contributed by atoms with Gasteiger partial charge in [-0.1, -0.05) is 54.3 Å². The van der Waals surface area contributed by atoms with Crippen LogP contribution in [0, 0.1) is 11.8 Å². The largest absolute Gasteiger partial charge is 0.396 e. The summed E-state index contributed by atoms with van der Waals surface area (Å²) in [5.41, 5.74) is 5.83. The molecule has 3 heterocycles. The molecule has 0 aliphatic carbocycles. The highest BCUT2D eigenvalue weighted by Gasteiger charge is 2.40. The number of aliphatic hydroxyl groups excluding tert-OH is 1. The Balaban J connectivity index is 1.47. The highest BCUT2D eigenvalue weighted by atomic mass is 32.2. The van der Waals surface area contributed by atoms with Crippen LogP contribution in [0.4, 0.5) is 0 Å². The monoisotopic (exact) mass is 627 g/mol. The Labute approximate surface area is 270 Å². The summed E-state index contributed by atoms with van der Waals surface area (Å²) in [6.07, 6.45) is 1.29. The lowest BCUT2D eigenvalue weighted by molar-refractivity contribution is 0.0932. The van der Waals surface area contributed by atoms with Gasteiger partial charge in [0.1, 0.15) is 16.7 Å². The van der Waals surface area contributed by atoms with Crippen LogP contribution in [0.2, 0.25) is 0 Å². The lowest BCUT2D eigenvalue weighted by Gasteiger charge is -2.30. The Kier molecular flexibility index (Phi) is 10.5. The summed E-state index contributed by atoms with van der Waals surface area (Å²) in [6, 6.07) is 19.9. The molecule has 2 aliphatic heterocycles. The molecule has 3 aromatic rings. The van der Waals surface area contributed by atoms with E-state index < -0.39 is 15.7 Å². The number of carbonyl (C=O) groups excluding carboxylic acids is 1. The van der Waals surface area contributed by atoms with Crippen LogP contribution in [0.3, 0.4) is 0 Å². The molecule has 45 heavy (non-hydrogen) atoms. The summed E-state index contributed by atoms with van der Waals surface area (Å²) < 4.78 is 15.2. The second-order valence-corrected chi connectivity index (χ2v) is 15.4. The third kappa shape index (κ3) is 8.07. The summed E-state index contributed by atoms with van der Waals surface area (Å²) >= 11 is 0. The number of hydrogen-bond donors (Lipinski definition) is 2. The number of amides is 1. The number of nitrogens with zero attached hydrogens (tertiary/aromatic N) is 4. The molecule has 9 heteroatoms. The first kappa shape index (κ1) is 33.0. The second-order valence-electron chi connectivity index (χ2n) is 13.2. The number of aromatic nitrogens is 1. The van der Waals surface area contributed by atoms with Gasteiger partial charge >= 0.3 is 0 Å². The van der Waals surface area contributed by atoms with Crippen LogP contribution in [-0.2, 0) is 24.1 Å². The molecule has 1 amide bonds. The molecule has 0 spiro atoms. The molecule has 8 nitrogen and oxygen atoms in total. The fourth-order valence-corrected chi connectivity index (χ4v) is 7.45. The molecule has 238 valence electrons. The smallest absolute Gasteiger partial charge is 0.270 e. The van der Waals surface area contributed by atoms with E-state index in [1.165, 1.54) is 5.56 Å². The average molecular weight is 628 g/mol. The van der Waals surface area contributed by atoms with Crippen LogP contribution in [0.15, 0.2) is 60.7 Å². The third-order valence-electron chi connectivity index (χ3n) is 8.14. The minimum atomic E-state index is -1.33. The van der Waals surface area contributed by atoms with E-state index in [1.807, 2.05) is 80.5 Å². The van der Waals surface area contributed by atoms with Gasteiger partial charge in [0.05, 0.1) is 23.0 Å². The van der Waals surface area contributed by atoms with Crippen molar-refractivity contribution >= 4 is 16.9 Å². The van der Waals surface area contributed by atoms with E-state index in [1.54, 1.807) is 0 Å². The molecular formula is C36H45N5O3S. The van der Waals surface area contributed by atoms with Gasteiger partial charge in [-0.05, 0) is 77.0 Å². The second kappa shape index (κ2) is 14.4. The summed E-state index contributed by atoms with van der Waals surface area (Å²) in [6.45, 7) is 9.43. The van der Waals surface area contributed by atoms with Crippen molar-refractivity contribution in [2.75, 3.05) is 40.3 Å². The number of hydrogen-bond acceptors (Lipinski definition) is 6. The predicted octanol–water partition coefficient (Wildman–Crippen LogP) is 4.37. The molecule has 1 aromatic heterocycles. The molecule has 0 bridgehead atoms. The van der Waals surface area contributed by atoms with Crippen LogP contribution < -0.4 is 5.32 Å². The lowest BCUT2D eigenvalue weighted by Crippen LogP contribution is -2.37. The Morgan fingerprint density at radius 2 is 1.91 bits per heavy atom. The molecular weight excluding hydrogens is 582 g/mol. The van der Waals surface area contributed by atoms with Crippen molar-refractivity contribution in [2.24, 2.45) is 0 Å². The van der Waals surface area contributed by atoms with Gasteiger partial charge in [0, 0.05) is 55.5 Å². The van der Waals surface area contributed by atoms with Gasteiger partial charge < -0.3 is 10.4 Å². The maximum Gasteiger partial charge on any atom is 0.270 e. The first-order chi connectivity index (χ1) is 21.5. The minimum absolute atomic E-state index is 0.0297. The molecule has 3 atom stereocenters. The fraction of sp³-hybridized carbons (Fsp3) is 0.444. The van der Waals surface area contributed by atoms with Crippen LogP contribution in [0.1, 0.15) is 72.4 Å². The van der Waals surface area contributed by atoms with Gasteiger partial charge in [0.15, 0.2) is 0 Å². The maximum atomic E-state index is 13.8. The number of rotatable bonds is 9. The van der Waals surface area contributed by atoms with E-state index in [4.69, 9.17) is 4.98 Å². The van der Waals surface area contributed by atoms with E-state index in [9.17, 15) is 14.1 Å². The molecule has 0 saturated carbocycles. The van der Waals surface area contributed by atoms with Crippen molar-refractivity contribution in [3.8, 4) is 23.1 Å². The van der Waals surface area contributed by atoms with Gasteiger partial charge in [-0.25, -0.2) is 13.5 Å². The molecule has 0 unspecified atom stereocenters. The number of aliphatic hydroxyl groups is 1. The zero-order valence-corrected chi connectivity index (χ0v) is 27.9. The molecule has 1 fully saturated rings. The molecule has 2 aromatic carbocycles. The van der Waals surface area contributed by atoms with E-state index >= 15 is 0 Å². The molecule has 2 aliphatic rings. The highest BCUT2D eigenvalue weighted by Crippen LogP contribution is 2.44. The fourth-order valence-electron chi connectivity index (χ4n) is 6.04. The van der Waals surface area contributed by atoms with Crippen molar-refractivity contribution in [1.82, 2.24) is 24.4 Å². The van der Waals surface area contributed by atoms with Gasteiger partial charge in [-0.3, -0.25) is 14.6 Å². The first-order valence-corrected chi connectivity index (χ1v) is 16.8. The molecule has 2 N–H and O–H groups in total. The number of nitrogens with one attached hydrogen (secondary N) is 1. The van der Waals surface area contributed by atoms with Gasteiger partial charge in [0.2, 0.25) is 0 Å². The highest BCUT2D eigenvalue weighted by molar-refractivity contribution is 7.84. The van der Waals surface area contributed by atoms with Gasteiger partial charge in [0.25, 0.3) is 5.91 Å². The number of benzene rings is 2. The zero-order valence-electron chi connectivity index (χ0n) is 27.0. The number of fused-ring (bicyclic) bond motifs is 1.